The second-order valence-corrected chi connectivity index (χ2v) is 7.40. The van der Waals surface area contributed by atoms with Crippen LogP contribution in [-0.2, 0) is 9.47 Å². The van der Waals surface area contributed by atoms with E-state index < -0.39 is 0 Å². The number of hydrogen-bond acceptors (Lipinski definition) is 3. The molecular formula is C19H25FN2O3. The van der Waals surface area contributed by atoms with Crippen LogP contribution in [0.5, 0.6) is 0 Å². The summed E-state index contributed by atoms with van der Waals surface area (Å²) < 4.78 is 24.7. The van der Waals surface area contributed by atoms with E-state index >= 15 is 0 Å². The Kier molecular flexibility index (Phi) is 4.65. The molecule has 136 valence electrons. The summed E-state index contributed by atoms with van der Waals surface area (Å²) in [5, 5.41) is 6.16. The van der Waals surface area contributed by atoms with E-state index in [1.165, 1.54) is 6.07 Å². The SMILES string of the molecule is O=C(NC1CC(c2cccc(F)c2)C1)NC1CCOC12CCOCC2. The second-order valence-electron chi connectivity index (χ2n) is 7.40. The molecule has 25 heavy (non-hydrogen) atoms. The van der Waals surface area contributed by atoms with Gasteiger partial charge in [0.1, 0.15) is 5.82 Å². The zero-order valence-electron chi connectivity index (χ0n) is 14.3. The number of halogens is 1. The van der Waals surface area contributed by atoms with Crippen molar-refractivity contribution in [3.63, 3.8) is 0 Å². The lowest BCUT2D eigenvalue weighted by Gasteiger charge is -2.39. The van der Waals surface area contributed by atoms with E-state index in [4.69, 9.17) is 9.47 Å². The highest BCUT2D eigenvalue weighted by atomic mass is 19.1. The number of urea groups is 1. The normalized spacial score (nSPS) is 30.7. The summed E-state index contributed by atoms with van der Waals surface area (Å²) in [5.41, 5.74) is 0.767. The summed E-state index contributed by atoms with van der Waals surface area (Å²) >= 11 is 0. The van der Waals surface area contributed by atoms with Crippen LogP contribution < -0.4 is 10.6 Å². The van der Waals surface area contributed by atoms with E-state index in [2.05, 4.69) is 10.6 Å². The minimum Gasteiger partial charge on any atom is -0.381 e. The highest BCUT2D eigenvalue weighted by Crippen LogP contribution is 2.38. The molecule has 2 N–H and O–H groups in total. The fourth-order valence-corrected chi connectivity index (χ4v) is 4.31. The standard InChI is InChI=1S/C19H25FN2O3/c20-15-3-1-2-13(10-15)14-11-16(12-14)21-18(23)22-17-4-7-25-19(17)5-8-24-9-6-19/h1-3,10,14,16-17H,4-9,11-12H2,(H2,21,22,23). The van der Waals surface area contributed by atoms with Crippen molar-refractivity contribution in [2.24, 2.45) is 0 Å². The molecule has 0 aromatic heterocycles. The molecule has 2 aliphatic heterocycles. The predicted octanol–water partition coefficient (Wildman–Crippen LogP) is 2.71. The number of nitrogens with one attached hydrogen (secondary N) is 2. The summed E-state index contributed by atoms with van der Waals surface area (Å²) in [6.45, 7) is 2.07. The Labute approximate surface area is 147 Å². The zero-order chi connectivity index (χ0) is 17.3. The van der Waals surface area contributed by atoms with E-state index in [0.29, 0.717) is 25.7 Å². The average Bonchev–Trinajstić information content (AvgIpc) is 2.93. The molecule has 1 saturated carbocycles. The first kappa shape index (κ1) is 16.8. The lowest BCUT2D eigenvalue weighted by molar-refractivity contribution is -0.0869. The van der Waals surface area contributed by atoms with Gasteiger partial charge in [0.2, 0.25) is 0 Å². The molecule has 1 unspecified atom stereocenters. The van der Waals surface area contributed by atoms with E-state index in [0.717, 1.165) is 37.7 Å². The van der Waals surface area contributed by atoms with Gasteiger partial charge in [0, 0.05) is 38.7 Å². The Hall–Kier alpha value is -1.66. The van der Waals surface area contributed by atoms with Gasteiger partial charge in [-0.1, -0.05) is 12.1 Å². The van der Waals surface area contributed by atoms with Gasteiger partial charge in [-0.05, 0) is 42.9 Å². The summed E-state index contributed by atoms with van der Waals surface area (Å²) in [6, 6.07) is 6.83. The minimum atomic E-state index is -0.251. The first-order valence-corrected chi connectivity index (χ1v) is 9.19. The number of carbonyl (C=O) groups is 1. The van der Waals surface area contributed by atoms with Gasteiger partial charge >= 0.3 is 6.03 Å². The van der Waals surface area contributed by atoms with Gasteiger partial charge in [0.25, 0.3) is 0 Å². The average molecular weight is 348 g/mol. The van der Waals surface area contributed by atoms with Gasteiger partial charge in [-0.3, -0.25) is 0 Å². The zero-order valence-corrected chi connectivity index (χ0v) is 14.3. The van der Waals surface area contributed by atoms with Crippen LogP contribution in [0.3, 0.4) is 0 Å². The van der Waals surface area contributed by atoms with Crippen LogP contribution >= 0.6 is 0 Å². The van der Waals surface area contributed by atoms with Crippen molar-refractivity contribution < 1.29 is 18.7 Å². The molecule has 1 spiro atoms. The monoisotopic (exact) mass is 348 g/mol. The van der Waals surface area contributed by atoms with Crippen molar-refractivity contribution >= 4 is 6.03 Å². The molecule has 1 aliphatic carbocycles. The van der Waals surface area contributed by atoms with Gasteiger partial charge in [0.05, 0.1) is 11.6 Å². The Morgan fingerprint density at radius 1 is 1.16 bits per heavy atom. The maximum Gasteiger partial charge on any atom is 0.315 e. The third-order valence-corrected chi connectivity index (χ3v) is 5.87. The van der Waals surface area contributed by atoms with E-state index in [9.17, 15) is 9.18 Å². The number of ether oxygens (including phenoxy) is 2. The van der Waals surface area contributed by atoms with Crippen molar-refractivity contribution in [1.82, 2.24) is 10.6 Å². The fourth-order valence-electron chi connectivity index (χ4n) is 4.31. The largest absolute Gasteiger partial charge is 0.381 e. The quantitative estimate of drug-likeness (QED) is 0.883. The first-order valence-electron chi connectivity index (χ1n) is 9.19. The summed E-state index contributed by atoms with van der Waals surface area (Å²) in [7, 11) is 0. The van der Waals surface area contributed by atoms with Crippen molar-refractivity contribution in [2.75, 3.05) is 19.8 Å². The van der Waals surface area contributed by atoms with Crippen molar-refractivity contribution in [3.05, 3.63) is 35.6 Å². The molecule has 4 rings (SSSR count). The third-order valence-electron chi connectivity index (χ3n) is 5.87. The molecule has 5 nitrogen and oxygen atoms in total. The van der Waals surface area contributed by atoms with Crippen LogP contribution in [0.15, 0.2) is 24.3 Å². The summed E-state index contributed by atoms with van der Waals surface area (Å²) in [5.74, 6) is 0.132. The Balaban J connectivity index is 1.26. The van der Waals surface area contributed by atoms with E-state index in [1.54, 1.807) is 12.1 Å². The number of benzene rings is 1. The highest BCUT2D eigenvalue weighted by Gasteiger charge is 2.46. The lowest BCUT2D eigenvalue weighted by atomic mass is 9.76. The van der Waals surface area contributed by atoms with Gasteiger partial charge in [-0.2, -0.15) is 0 Å². The van der Waals surface area contributed by atoms with Crippen LogP contribution in [0.2, 0.25) is 0 Å². The van der Waals surface area contributed by atoms with Crippen LogP contribution in [0, 0.1) is 5.82 Å². The number of amides is 2. The van der Waals surface area contributed by atoms with Crippen LogP contribution in [0.4, 0.5) is 9.18 Å². The van der Waals surface area contributed by atoms with Crippen LogP contribution in [0.1, 0.15) is 43.6 Å². The van der Waals surface area contributed by atoms with Crippen LogP contribution in [0.25, 0.3) is 0 Å². The van der Waals surface area contributed by atoms with Crippen molar-refractivity contribution in [1.29, 1.82) is 0 Å². The van der Waals surface area contributed by atoms with Crippen LogP contribution in [-0.4, -0.2) is 43.5 Å². The molecule has 2 saturated heterocycles. The molecule has 0 bridgehead atoms. The molecule has 1 aromatic rings. The molecule has 3 aliphatic rings. The summed E-state index contributed by atoms with van der Waals surface area (Å²) in [6.07, 6.45) is 4.24. The molecular weight excluding hydrogens is 323 g/mol. The van der Waals surface area contributed by atoms with Gasteiger partial charge in [-0.15, -0.1) is 0 Å². The van der Waals surface area contributed by atoms with E-state index in [-0.39, 0.29) is 29.5 Å². The fraction of sp³-hybridized carbons (Fsp3) is 0.632. The number of carbonyl (C=O) groups excluding carboxylic acids is 1. The molecule has 2 amide bonds. The molecule has 6 heteroatoms. The lowest BCUT2D eigenvalue weighted by Crippen LogP contribution is -2.57. The van der Waals surface area contributed by atoms with Gasteiger partial charge in [0.15, 0.2) is 0 Å². The maximum absolute atomic E-state index is 13.3. The highest BCUT2D eigenvalue weighted by molar-refractivity contribution is 5.75. The molecule has 1 aromatic carbocycles. The minimum absolute atomic E-state index is 0.0514. The molecule has 0 radical (unpaired) electrons. The van der Waals surface area contributed by atoms with Crippen molar-refractivity contribution in [2.45, 2.75) is 55.7 Å². The van der Waals surface area contributed by atoms with Gasteiger partial charge in [-0.25, -0.2) is 9.18 Å². The topological polar surface area (TPSA) is 59.6 Å². The molecule has 1 atom stereocenters. The Bertz CT molecular complexity index is 627. The van der Waals surface area contributed by atoms with Gasteiger partial charge < -0.3 is 20.1 Å². The molecule has 2 heterocycles. The number of rotatable bonds is 3. The predicted molar refractivity (Wildman–Crippen MR) is 91.0 cm³/mol. The van der Waals surface area contributed by atoms with E-state index in [1.807, 2.05) is 6.07 Å². The maximum atomic E-state index is 13.3. The van der Waals surface area contributed by atoms with Crippen molar-refractivity contribution in [3.8, 4) is 0 Å². The molecule has 3 fully saturated rings. The second kappa shape index (κ2) is 6.92. The smallest absolute Gasteiger partial charge is 0.315 e. The Morgan fingerprint density at radius 2 is 1.96 bits per heavy atom. The third kappa shape index (κ3) is 3.51. The first-order chi connectivity index (χ1) is 12.1. The number of hydrogen-bond donors (Lipinski definition) is 2. The Morgan fingerprint density at radius 3 is 2.72 bits per heavy atom. The summed E-state index contributed by atoms with van der Waals surface area (Å²) in [4.78, 5) is 12.4.